The molecule has 5 rings (SSSR count). The molecule has 3 heterocycles. The summed E-state index contributed by atoms with van der Waals surface area (Å²) in [7, 11) is -3.51. The van der Waals surface area contributed by atoms with Crippen LogP contribution >= 0.6 is 22.1 Å². The Bertz CT molecular complexity index is 1250. The molecule has 0 amide bonds. The average Bonchev–Trinajstić information content (AvgIpc) is 3.21. The number of rotatable bonds is 3. The van der Waals surface area contributed by atoms with Crippen LogP contribution in [-0.2, 0) is 0 Å². The van der Waals surface area contributed by atoms with Gasteiger partial charge >= 0.3 is 0 Å². The highest BCUT2D eigenvalue weighted by atomic mass is 32.3. The van der Waals surface area contributed by atoms with Gasteiger partial charge in [-0.1, -0.05) is 42.7 Å². The molecule has 1 aliphatic heterocycles. The molecular weight excluding hydrogens is 436 g/mol. The number of hydrogen-bond acceptors (Lipinski definition) is 8. The summed E-state index contributed by atoms with van der Waals surface area (Å²) in [6.07, 6.45) is 4.20. The van der Waals surface area contributed by atoms with Gasteiger partial charge in [0.05, 0.1) is 15.9 Å². The summed E-state index contributed by atoms with van der Waals surface area (Å²) in [5.74, 6) is 0.306. The first-order chi connectivity index (χ1) is 14.8. The fraction of sp³-hybridized carbons (Fsp3) is 0.333. The molecule has 8 nitrogen and oxygen atoms in total. The highest BCUT2D eigenvalue weighted by Crippen LogP contribution is 2.55. The summed E-state index contributed by atoms with van der Waals surface area (Å²) >= 11 is 1.31. The fourth-order valence-corrected chi connectivity index (χ4v) is 6.40. The number of para-hydroxylation sites is 1. The number of nitrogens with one attached hydrogen (secondary N) is 2. The second-order valence-corrected chi connectivity index (χ2v) is 10.8. The summed E-state index contributed by atoms with van der Waals surface area (Å²) in [6, 6.07) is 8.62. The zero-order valence-electron chi connectivity index (χ0n) is 16.9. The van der Waals surface area contributed by atoms with Crippen molar-refractivity contribution < 1.29 is 14.2 Å². The standard InChI is InChI=1S/C21H24N4O4S2/c1-12-5-4-6-13(11-12)23-25-15-9-10-30-19(15)18(26)17(21(25)27)20-22-14-7-2-3-8-16(14)31(28,29)24-20/h2-3,7-10,12-13,23,26,28-29H,4-6,11H2,1H3,(H,22,24)/t12-,13+/m0/s1. The van der Waals surface area contributed by atoms with Crippen LogP contribution in [0.1, 0.15) is 38.2 Å². The zero-order valence-corrected chi connectivity index (χ0v) is 18.5. The Balaban J connectivity index is 1.65. The van der Waals surface area contributed by atoms with Crippen molar-refractivity contribution in [1.82, 2.24) is 4.68 Å². The van der Waals surface area contributed by atoms with Gasteiger partial charge in [-0.25, -0.2) is 4.68 Å². The van der Waals surface area contributed by atoms with Crippen molar-refractivity contribution in [2.24, 2.45) is 10.3 Å². The van der Waals surface area contributed by atoms with Gasteiger partial charge in [0.25, 0.3) is 5.56 Å². The third-order valence-corrected chi connectivity index (χ3v) is 8.19. The predicted molar refractivity (Wildman–Crippen MR) is 126 cm³/mol. The lowest BCUT2D eigenvalue weighted by Gasteiger charge is -2.34. The first-order valence-corrected chi connectivity index (χ1v) is 12.6. The fourth-order valence-electron chi connectivity index (χ4n) is 4.41. The van der Waals surface area contributed by atoms with E-state index in [-0.39, 0.29) is 28.1 Å². The number of benzene rings is 1. The van der Waals surface area contributed by atoms with Crippen LogP contribution in [0.4, 0.5) is 5.69 Å². The number of aromatic hydroxyl groups is 1. The number of amidine groups is 1. The number of nitrogens with zero attached hydrogens (tertiary/aromatic N) is 2. The number of hydrogen-bond donors (Lipinski definition) is 5. The van der Waals surface area contributed by atoms with Crippen LogP contribution in [0.15, 0.2) is 49.8 Å². The third kappa shape index (κ3) is 3.49. The Kier molecular flexibility index (Phi) is 4.97. The third-order valence-electron chi connectivity index (χ3n) is 5.89. The largest absolute Gasteiger partial charge is 0.505 e. The molecule has 0 spiro atoms. The first-order valence-electron chi connectivity index (χ1n) is 10.2. The van der Waals surface area contributed by atoms with E-state index in [4.69, 9.17) is 0 Å². The van der Waals surface area contributed by atoms with Crippen LogP contribution in [0.25, 0.3) is 10.2 Å². The molecule has 0 unspecified atom stereocenters. The maximum atomic E-state index is 13.5. The van der Waals surface area contributed by atoms with Crippen LogP contribution in [0.3, 0.4) is 0 Å². The van der Waals surface area contributed by atoms with Gasteiger partial charge in [-0.15, -0.1) is 15.7 Å². The van der Waals surface area contributed by atoms with Crippen molar-refractivity contribution in [2.75, 3.05) is 10.7 Å². The van der Waals surface area contributed by atoms with Crippen LogP contribution in [-0.4, -0.2) is 30.8 Å². The van der Waals surface area contributed by atoms with E-state index in [0.717, 1.165) is 19.3 Å². The molecule has 164 valence electrons. The Hall–Kier alpha value is -2.53. The monoisotopic (exact) mass is 460 g/mol. The van der Waals surface area contributed by atoms with E-state index in [0.29, 0.717) is 21.8 Å². The smallest absolute Gasteiger partial charge is 0.284 e. The summed E-state index contributed by atoms with van der Waals surface area (Å²) in [5, 5.41) is 15.8. The molecule has 0 saturated heterocycles. The molecular formula is C21H24N4O4S2. The molecule has 1 fully saturated rings. The zero-order chi connectivity index (χ0) is 21.8. The molecule has 31 heavy (non-hydrogen) atoms. The molecule has 1 saturated carbocycles. The van der Waals surface area contributed by atoms with Gasteiger partial charge in [0.1, 0.15) is 10.5 Å². The predicted octanol–water partition coefficient (Wildman–Crippen LogP) is 4.79. The first kappa shape index (κ1) is 20.4. The summed E-state index contributed by atoms with van der Waals surface area (Å²) in [4.78, 5) is 13.8. The molecule has 10 heteroatoms. The van der Waals surface area contributed by atoms with Crippen molar-refractivity contribution >= 4 is 43.9 Å². The Labute approximate surface area is 184 Å². The van der Waals surface area contributed by atoms with Crippen LogP contribution in [0.2, 0.25) is 0 Å². The molecule has 5 N–H and O–H groups in total. The number of pyridine rings is 1. The highest BCUT2D eigenvalue weighted by Gasteiger charge is 2.31. The number of thiophene rings is 1. The highest BCUT2D eigenvalue weighted by molar-refractivity contribution is 8.23. The summed E-state index contributed by atoms with van der Waals surface area (Å²) in [6.45, 7) is 2.21. The Morgan fingerprint density at radius 2 is 2.06 bits per heavy atom. The maximum absolute atomic E-state index is 13.5. The van der Waals surface area contributed by atoms with E-state index in [9.17, 15) is 19.0 Å². The molecule has 0 bridgehead atoms. The maximum Gasteiger partial charge on any atom is 0.284 e. The minimum absolute atomic E-state index is 0.0518. The van der Waals surface area contributed by atoms with E-state index in [1.807, 2.05) is 5.38 Å². The number of fused-ring (bicyclic) bond motifs is 2. The van der Waals surface area contributed by atoms with Crippen molar-refractivity contribution in [1.29, 1.82) is 0 Å². The number of aromatic nitrogens is 1. The average molecular weight is 461 g/mol. The van der Waals surface area contributed by atoms with E-state index < -0.39 is 16.3 Å². The van der Waals surface area contributed by atoms with Crippen molar-refractivity contribution in [2.45, 2.75) is 43.5 Å². The lowest BCUT2D eigenvalue weighted by Crippen LogP contribution is -2.41. The van der Waals surface area contributed by atoms with E-state index in [1.54, 1.807) is 30.3 Å². The van der Waals surface area contributed by atoms with E-state index in [2.05, 4.69) is 22.1 Å². The van der Waals surface area contributed by atoms with Gasteiger partial charge in [0, 0.05) is 6.04 Å². The summed E-state index contributed by atoms with van der Waals surface area (Å²) < 4.78 is 27.2. The van der Waals surface area contributed by atoms with E-state index >= 15 is 0 Å². The van der Waals surface area contributed by atoms with Gasteiger partial charge in [0.15, 0.2) is 11.6 Å². The van der Waals surface area contributed by atoms with Crippen molar-refractivity contribution in [3.63, 3.8) is 0 Å². The van der Waals surface area contributed by atoms with Gasteiger partial charge in [-0.3, -0.25) is 13.9 Å². The molecule has 2 aliphatic rings. The van der Waals surface area contributed by atoms with Crippen molar-refractivity contribution in [3.05, 3.63) is 51.6 Å². The second kappa shape index (κ2) is 7.56. The molecule has 1 aromatic carbocycles. The molecule has 2 aromatic heterocycles. The summed E-state index contributed by atoms with van der Waals surface area (Å²) in [5.41, 5.74) is 3.83. The SMILES string of the molecule is C[C@H]1CCC[C@@H](Nn2c(=O)c(C3=NS(O)(O)c4ccccc4N3)c(O)c3sccc32)C1. The van der Waals surface area contributed by atoms with Gasteiger partial charge < -0.3 is 15.8 Å². The van der Waals surface area contributed by atoms with Crippen LogP contribution in [0.5, 0.6) is 5.75 Å². The quantitative estimate of drug-likeness (QED) is 0.383. The minimum Gasteiger partial charge on any atom is -0.505 e. The van der Waals surface area contributed by atoms with Crippen molar-refractivity contribution in [3.8, 4) is 5.75 Å². The molecule has 1 aliphatic carbocycles. The lowest BCUT2D eigenvalue weighted by molar-refractivity contribution is 0.345. The minimum atomic E-state index is -3.51. The van der Waals surface area contributed by atoms with Gasteiger partial charge in [-0.05, 0) is 42.3 Å². The lowest BCUT2D eigenvalue weighted by atomic mass is 9.87. The van der Waals surface area contributed by atoms with Crippen LogP contribution in [0, 0.1) is 5.92 Å². The Morgan fingerprint density at radius 1 is 1.26 bits per heavy atom. The second-order valence-electron chi connectivity index (χ2n) is 8.18. The molecule has 3 aromatic rings. The van der Waals surface area contributed by atoms with Gasteiger partial charge in [-0.2, -0.15) is 0 Å². The normalized spacial score (nSPS) is 23.5. The van der Waals surface area contributed by atoms with Gasteiger partial charge in [0.2, 0.25) is 0 Å². The van der Waals surface area contributed by atoms with E-state index in [1.165, 1.54) is 22.4 Å². The topological polar surface area (TPSA) is 119 Å². The Morgan fingerprint density at radius 3 is 2.87 bits per heavy atom. The molecule has 2 atom stereocenters. The number of anilines is 1. The van der Waals surface area contributed by atoms with Crippen LogP contribution < -0.4 is 16.3 Å². The molecule has 0 radical (unpaired) electrons.